The summed E-state index contributed by atoms with van der Waals surface area (Å²) >= 11 is 0. The van der Waals surface area contributed by atoms with E-state index in [-0.39, 0.29) is 0 Å². The Hall–Kier alpha value is -1.05. The molecule has 1 heterocycles. The highest BCUT2D eigenvalue weighted by Crippen LogP contribution is 2.18. The van der Waals surface area contributed by atoms with Gasteiger partial charge in [0.2, 0.25) is 5.88 Å². The molecule has 0 aromatic carbocycles. The topological polar surface area (TPSA) is 22.1 Å². The molecule has 12 heavy (non-hydrogen) atoms. The van der Waals surface area contributed by atoms with Gasteiger partial charge in [-0.25, -0.2) is 4.98 Å². The van der Waals surface area contributed by atoms with Gasteiger partial charge in [-0.05, 0) is 17.9 Å². The van der Waals surface area contributed by atoms with Crippen molar-refractivity contribution in [2.75, 3.05) is 7.11 Å². The molecule has 1 rings (SSSR count). The molecule has 2 heteroatoms. The van der Waals surface area contributed by atoms with Crippen LogP contribution in [0.15, 0.2) is 18.3 Å². The van der Waals surface area contributed by atoms with Crippen molar-refractivity contribution < 1.29 is 4.74 Å². The van der Waals surface area contributed by atoms with Crippen LogP contribution in [-0.4, -0.2) is 12.1 Å². The average Bonchev–Trinajstić information content (AvgIpc) is 2.17. The maximum atomic E-state index is 4.97. The zero-order valence-electron chi connectivity index (χ0n) is 7.87. The maximum Gasteiger partial charge on any atom is 0.212 e. The number of methoxy groups -OCH3 is 1. The van der Waals surface area contributed by atoms with Gasteiger partial charge in [0, 0.05) is 12.3 Å². The second-order valence-electron chi connectivity index (χ2n) is 2.94. The molecule has 0 fully saturated rings. The van der Waals surface area contributed by atoms with E-state index in [9.17, 15) is 0 Å². The summed E-state index contributed by atoms with van der Waals surface area (Å²) in [5.74, 6) is 1.27. The molecule has 1 atom stereocenters. The fraction of sp³-hybridized carbons (Fsp3) is 0.500. The van der Waals surface area contributed by atoms with Crippen LogP contribution in [0.2, 0.25) is 0 Å². The number of nitrogens with zero attached hydrogens (tertiary/aromatic N) is 1. The molecular weight excluding hydrogens is 150 g/mol. The molecule has 0 aliphatic heterocycles. The van der Waals surface area contributed by atoms with Crippen molar-refractivity contribution in [1.82, 2.24) is 4.98 Å². The third kappa shape index (κ3) is 1.97. The van der Waals surface area contributed by atoms with E-state index < -0.39 is 0 Å². The monoisotopic (exact) mass is 165 g/mol. The highest BCUT2D eigenvalue weighted by atomic mass is 16.5. The van der Waals surface area contributed by atoms with Crippen molar-refractivity contribution in [3.8, 4) is 5.88 Å². The first kappa shape index (κ1) is 9.04. The van der Waals surface area contributed by atoms with Gasteiger partial charge in [0.1, 0.15) is 0 Å². The first-order chi connectivity index (χ1) is 5.77. The number of rotatable bonds is 3. The number of aromatic nitrogens is 1. The lowest BCUT2D eigenvalue weighted by molar-refractivity contribution is 0.397. The summed E-state index contributed by atoms with van der Waals surface area (Å²) in [7, 11) is 1.63. The van der Waals surface area contributed by atoms with Crippen molar-refractivity contribution in [1.29, 1.82) is 0 Å². The van der Waals surface area contributed by atoms with Crippen molar-refractivity contribution in [2.24, 2.45) is 0 Å². The highest BCUT2D eigenvalue weighted by molar-refractivity contribution is 5.20. The SMILES string of the molecule is CCC(C)c1ccc(OC)nc1. The number of hydrogen-bond acceptors (Lipinski definition) is 2. The minimum Gasteiger partial charge on any atom is -0.481 e. The largest absolute Gasteiger partial charge is 0.481 e. The summed E-state index contributed by atoms with van der Waals surface area (Å²) in [5.41, 5.74) is 1.28. The Kier molecular flexibility index (Phi) is 3.09. The first-order valence-electron chi connectivity index (χ1n) is 4.27. The van der Waals surface area contributed by atoms with E-state index in [1.54, 1.807) is 7.11 Å². The summed E-state index contributed by atoms with van der Waals surface area (Å²) in [6.07, 6.45) is 3.03. The van der Waals surface area contributed by atoms with E-state index in [4.69, 9.17) is 4.74 Å². The maximum absolute atomic E-state index is 4.97. The van der Waals surface area contributed by atoms with Gasteiger partial charge in [-0.1, -0.05) is 19.9 Å². The Morgan fingerprint density at radius 1 is 1.50 bits per heavy atom. The van der Waals surface area contributed by atoms with Gasteiger partial charge in [-0.3, -0.25) is 0 Å². The molecule has 0 amide bonds. The van der Waals surface area contributed by atoms with Crippen LogP contribution < -0.4 is 4.74 Å². The summed E-state index contributed by atoms with van der Waals surface area (Å²) in [6, 6.07) is 3.97. The Balaban J connectivity index is 2.77. The van der Waals surface area contributed by atoms with Crippen LogP contribution in [0.5, 0.6) is 5.88 Å². The van der Waals surface area contributed by atoms with Crippen LogP contribution >= 0.6 is 0 Å². The second kappa shape index (κ2) is 4.10. The van der Waals surface area contributed by atoms with E-state index in [1.807, 2.05) is 12.3 Å². The van der Waals surface area contributed by atoms with Gasteiger partial charge < -0.3 is 4.74 Å². The first-order valence-corrected chi connectivity index (χ1v) is 4.27. The normalized spacial score (nSPS) is 12.6. The summed E-state index contributed by atoms with van der Waals surface area (Å²) in [4.78, 5) is 4.14. The molecule has 0 saturated carbocycles. The summed E-state index contributed by atoms with van der Waals surface area (Å²) in [5, 5.41) is 0. The van der Waals surface area contributed by atoms with Crippen LogP contribution in [0.1, 0.15) is 31.7 Å². The lowest BCUT2D eigenvalue weighted by Crippen LogP contribution is -1.93. The minimum atomic E-state index is 0.586. The molecule has 0 aliphatic rings. The van der Waals surface area contributed by atoms with Gasteiger partial charge in [-0.2, -0.15) is 0 Å². The van der Waals surface area contributed by atoms with E-state index in [0.717, 1.165) is 6.42 Å². The average molecular weight is 165 g/mol. The predicted molar refractivity (Wildman–Crippen MR) is 49.5 cm³/mol. The molecule has 1 unspecified atom stereocenters. The Morgan fingerprint density at radius 2 is 2.25 bits per heavy atom. The van der Waals surface area contributed by atoms with Crippen molar-refractivity contribution in [2.45, 2.75) is 26.2 Å². The van der Waals surface area contributed by atoms with Crippen molar-refractivity contribution in [3.05, 3.63) is 23.9 Å². The van der Waals surface area contributed by atoms with Crippen LogP contribution in [0.25, 0.3) is 0 Å². The quantitative estimate of drug-likeness (QED) is 0.686. The van der Waals surface area contributed by atoms with Gasteiger partial charge in [0.25, 0.3) is 0 Å². The third-order valence-electron chi connectivity index (χ3n) is 2.15. The van der Waals surface area contributed by atoms with Crippen molar-refractivity contribution >= 4 is 0 Å². The summed E-state index contributed by atoms with van der Waals surface area (Å²) in [6.45, 7) is 4.37. The Bertz CT molecular complexity index is 230. The molecule has 0 spiro atoms. The summed E-state index contributed by atoms with van der Waals surface area (Å²) < 4.78 is 4.97. The molecule has 0 aliphatic carbocycles. The van der Waals surface area contributed by atoms with Crippen LogP contribution in [0, 0.1) is 0 Å². The molecular formula is C10H15NO. The molecule has 0 bridgehead atoms. The third-order valence-corrected chi connectivity index (χ3v) is 2.15. The number of hydrogen-bond donors (Lipinski definition) is 0. The van der Waals surface area contributed by atoms with E-state index in [2.05, 4.69) is 24.9 Å². The second-order valence-corrected chi connectivity index (χ2v) is 2.94. The fourth-order valence-corrected chi connectivity index (χ4v) is 1.04. The molecule has 2 nitrogen and oxygen atoms in total. The predicted octanol–water partition coefficient (Wildman–Crippen LogP) is 2.60. The Morgan fingerprint density at radius 3 is 2.67 bits per heavy atom. The zero-order valence-corrected chi connectivity index (χ0v) is 7.87. The van der Waals surface area contributed by atoms with Crippen LogP contribution in [-0.2, 0) is 0 Å². The number of ether oxygens (including phenoxy) is 1. The molecule has 0 saturated heterocycles. The lowest BCUT2D eigenvalue weighted by atomic mass is 10.0. The molecule has 0 N–H and O–H groups in total. The van der Waals surface area contributed by atoms with E-state index in [1.165, 1.54) is 5.56 Å². The van der Waals surface area contributed by atoms with E-state index in [0.29, 0.717) is 11.8 Å². The molecule has 66 valence electrons. The van der Waals surface area contributed by atoms with Crippen LogP contribution in [0.4, 0.5) is 0 Å². The lowest BCUT2D eigenvalue weighted by Gasteiger charge is -2.07. The minimum absolute atomic E-state index is 0.586. The van der Waals surface area contributed by atoms with E-state index >= 15 is 0 Å². The van der Waals surface area contributed by atoms with Gasteiger partial charge in [0.05, 0.1) is 7.11 Å². The smallest absolute Gasteiger partial charge is 0.212 e. The molecule has 0 radical (unpaired) electrons. The van der Waals surface area contributed by atoms with Gasteiger partial charge >= 0.3 is 0 Å². The fourth-order valence-electron chi connectivity index (χ4n) is 1.04. The number of pyridine rings is 1. The van der Waals surface area contributed by atoms with Crippen molar-refractivity contribution in [3.63, 3.8) is 0 Å². The molecule has 1 aromatic rings. The van der Waals surface area contributed by atoms with Gasteiger partial charge in [0.15, 0.2) is 0 Å². The standard InChI is InChI=1S/C10H15NO/c1-4-8(2)9-5-6-10(12-3)11-7-9/h5-8H,4H2,1-3H3. The van der Waals surface area contributed by atoms with Crippen LogP contribution in [0.3, 0.4) is 0 Å². The van der Waals surface area contributed by atoms with Gasteiger partial charge in [-0.15, -0.1) is 0 Å². The molecule has 1 aromatic heterocycles. The Labute approximate surface area is 73.6 Å². The highest BCUT2D eigenvalue weighted by Gasteiger charge is 2.02. The zero-order chi connectivity index (χ0) is 8.97.